The summed E-state index contributed by atoms with van der Waals surface area (Å²) in [5.41, 5.74) is 2.39. The fraction of sp³-hybridized carbons (Fsp3) is 0.393. The van der Waals surface area contributed by atoms with Gasteiger partial charge in [0.2, 0.25) is 11.7 Å². The summed E-state index contributed by atoms with van der Waals surface area (Å²) in [6, 6.07) is 9.36. The van der Waals surface area contributed by atoms with Crippen LogP contribution in [0.3, 0.4) is 0 Å². The maximum Gasteiger partial charge on any atom is 0.229 e. The van der Waals surface area contributed by atoms with Gasteiger partial charge in [-0.25, -0.2) is 0 Å². The maximum absolute atomic E-state index is 6.39. The summed E-state index contributed by atoms with van der Waals surface area (Å²) < 4.78 is 29.7. The van der Waals surface area contributed by atoms with E-state index in [1.54, 1.807) is 51.5 Å². The predicted octanol–water partition coefficient (Wildman–Crippen LogP) is 4.98. The first kappa shape index (κ1) is 27.6. The van der Waals surface area contributed by atoms with Crippen LogP contribution in [0.15, 0.2) is 36.5 Å². The molecule has 0 unspecified atom stereocenters. The third kappa shape index (κ3) is 5.66. The van der Waals surface area contributed by atoms with Gasteiger partial charge in [-0.2, -0.15) is 15.1 Å². The zero-order valence-electron chi connectivity index (χ0n) is 23.2. The van der Waals surface area contributed by atoms with Gasteiger partial charge in [-0.3, -0.25) is 4.68 Å². The van der Waals surface area contributed by atoms with Crippen LogP contribution in [0.2, 0.25) is 5.02 Å². The Morgan fingerprint density at radius 2 is 1.77 bits per heavy atom. The molecular formula is C28H33ClN6O5. The number of methoxy groups -OCH3 is 4. The second-order valence-corrected chi connectivity index (χ2v) is 9.81. The van der Waals surface area contributed by atoms with Crippen molar-refractivity contribution >= 4 is 40.1 Å². The van der Waals surface area contributed by atoms with Crippen molar-refractivity contribution in [3.05, 3.63) is 47.1 Å². The molecule has 1 saturated heterocycles. The number of rotatable bonds is 11. The molecule has 4 aromatic rings. The van der Waals surface area contributed by atoms with Crippen molar-refractivity contribution < 1.29 is 23.7 Å². The van der Waals surface area contributed by atoms with Gasteiger partial charge in [-0.1, -0.05) is 11.6 Å². The number of nitrogens with one attached hydrogen (secondary N) is 1. The van der Waals surface area contributed by atoms with Gasteiger partial charge in [-0.15, -0.1) is 0 Å². The number of aromatic nitrogens is 4. The normalized spacial score (nSPS) is 14.8. The van der Waals surface area contributed by atoms with Crippen LogP contribution in [0, 0.1) is 0 Å². The van der Waals surface area contributed by atoms with E-state index in [-0.39, 0.29) is 6.10 Å². The molecule has 2 aromatic carbocycles. The Hall–Kier alpha value is -3.96. The lowest BCUT2D eigenvalue weighted by Gasteiger charge is -2.27. The predicted molar refractivity (Wildman–Crippen MR) is 154 cm³/mol. The van der Waals surface area contributed by atoms with Crippen molar-refractivity contribution in [1.82, 2.24) is 19.7 Å². The molecule has 0 amide bonds. The van der Waals surface area contributed by atoms with E-state index in [1.807, 2.05) is 25.2 Å². The van der Waals surface area contributed by atoms with Gasteiger partial charge in [0.05, 0.1) is 51.1 Å². The largest absolute Gasteiger partial charge is 0.495 e. The molecule has 1 fully saturated rings. The van der Waals surface area contributed by atoms with Crippen molar-refractivity contribution in [2.75, 3.05) is 51.8 Å². The standard InChI is InChI=1S/C28H33ClN6O5/c1-34-27-20(14-30-34)26(31-18-8-9-22(36-2)21(29)13-18)32-28(33-27)35(16-19-7-6-10-40-19)15-17-11-23(37-3)25(39-5)24(12-17)38-4/h8-9,11-14,19H,6-7,10,15-16H2,1-5H3,(H,31,32,33)/t19-/m1/s1. The first-order valence-corrected chi connectivity index (χ1v) is 13.3. The molecule has 5 rings (SSSR count). The summed E-state index contributed by atoms with van der Waals surface area (Å²) in [6.45, 7) is 1.83. The van der Waals surface area contributed by atoms with Crippen molar-refractivity contribution in [3.8, 4) is 23.0 Å². The average molecular weight is 569 g/mol. The van der Waals surface area contributed by atoms with Gasteiger partial charge in [0.15, 0.2) is 17.1 Å². The van der Waals surface area contributed by atoms with Crippen LogP contribution in [-0.4, -0.2) is 67.4 Å². The highest BCUT2D eigenvalue weighted by Crippen LogP contribution is 2.39. The van der Waals surface area contributed by atoms with Gasteiger partial charge < -0.3 is 33.9 Å². The van der Waals surface area contributed by atoms with Crippen LogP contribution in [0.4, 0.5) is 17.5 Å². The fourth-order valence-electron chi connectivity index (χ4n) is 4.83. The second kappa shape index (κ2) is 12.1. The maximum atomic E-state index is 6.39. The molecule has 1 aliphatic rings. The van der Waals surface area contributed by atoms with E-state index >= 15 is 0 Å². The number of hydrogen-bond donors (Lipinski definition) is 1. The second-order valence-electron chi connectivity index (χ2n) is 9.40. The third-order valence-corrected chi connectivity index (χ3v) is 7.12. The number of aryl methyl sites for hydroxylation is 1. The van der Waals surface area contributed by atoms with Crippen LogP contribution in [-0.2, 0) is 18.3 Å². The Morgan fingerprint density at radius 3 is 2.40 bits per heavy atom. The summed E-state index contributed by atoms with van der Waals surface area (Å²) in [4.78, 5) is 12.0. The minimum absolute atomic E-state index is 0.0599. The van der Waals surface area contributed by atoms with E-state index in [0.29, 0.717) is 58.5 Å². The molecule has 12 heteroatoms. The minimum atomic E-state index is 0.0599. The zero-order chi connectivity index (χ0) is 28.2. The number of anilines is 3. The van der Waals surface area contributed by atoms with Gasteiger partial charge in [0.1, 0.15) is 11.6 Å². The zero-order valence-corrected chi connectivity index (χ0v) is 24.0. The highest BCUT2D eigenvalue weighted by Gasteiger charge is 2.24. The molecule has 0 radical (unpaired) electrons. The molecule has 40 heavy (non-hydrogen) atoms. The molecule has 0 aliphatic carbocycles. The molecule has 3 heterocycles. The van der Waals surface area contributed by atoms with Gasteiger partial charge >= 0.3 is 0 Å². The van der Waals surface area contributed by atoms with E-state index in [2.05, 4.69) is 15.3 Å². The van der Waals surface area contributed by atoms with Gasteiger partial charge in [0, 0.05) is 32.4 Å². The van der Waals surface area contributed by atoms with Crippen LogP contribution in [0.5, 0.6) is 23.0 Å². The van der Waals surface area contributed by atoms with E-state index in [0.717, 1.165) is 36.1 Å². The highest BCUT2D eigenvalue weighted by atomic mass is 35.5. The molecule has 0 bridgehead atoms. The van der Waals surface area contributed by atoms with E-state index in [9.17, 15) is 0 Å². The Labute approximate surface area is 237 Å². The smallest absolute Gasteiger partial charge is 0.229 e. The lowest BCUT2D eigenvalue weighted by molar-refractivity contribution is 0.115. The lowest BCUT2D eigenvalue weighted by Crippen LogP contribution is -2.33. The van der Waals surface area contributed by atoms with Gasteiger partial charge in [0.25, 0.3) is 0 Å². The topological polar surface area (TPSA) is 105 Å². The Balaban J connectivity index is 1.56. The Morgan fingerprint density at radius 1 is 1.02 bits per heavy atom. The summed E-state index contributed by atoms with van der Waals surface area (Å²) in [6.07, 6.45) is 3.80. The molecule has 1 N–H and O–H groups in total. The molecule has 1 atom stereocenters. The fourth-order valence-corrected chi connectivity index (χ4v) is 5.08. The van der Waals surface area contributed by atoms with E-state index in [4.69, 9.17) is 45.3 Å². The van der Waals surface area contributed by atoms with Crippen LogP contribution < -0.4 is 29.2 Å². The van der Waals surface area contributed by atoms with Crippen molar-refractivity contribution in [2.45, 2.75) is 25.5 Å². The first-order chi connectivity index (χ1) is 19.4. The molecule has 1 aliphatic heterocycles. The van der Waals surface area contributed by atoms with Crippen molar-refractivity contribution in [2.24, 2.45) is 7.05 Å². The quantitative estimate of drug-likeness (QED) is 0.266. The number of benzene rings is 2. The number of halogens is 1. The lowest BCUT2D eigenvalue weighted by atomic mass is 10.1. The monoisotopic (exact) mass is 568 g/mol. The van der Waals surface area contributed by atoms with Crippen molar-refractivity contribution in [1.29, 1.82) is 0 Å². The number of hydrogen-bond acceptors (Lipinski definition) is 10. The Bertz CT molecular complexity index is 1460. The molecule has 0 spiro atoms. The molecule has 0 saturated carbocycles. The van der Waals surface area contributed by atoms with Crippen LogP contribution in [0.25, 0.3) is 11.0 Å². The van der Waals surface area contributed by atoms with Crippen LogP contribution >= 0.6 is 11.6 Å². The van der Waals surface area contributed by atoms with Crippen molar-refractivity contribution in [3.63, 3.8) is 0 Å². The third-order valence-electron chi connectivity index (χ3n) is 6.82. The van der Waals surface area contributed by atoms with Gasteiger partial charge in [-0.05, 0) is 48.7 Å². The molecule has 2 aromatic heterocycles. The summed E-state index contributed by atoms with van der Waals surface area (Å²) >= 11 is 6.39. The highest BCUT2D eigenvalue weighted by molar-refractivity contribution is 6.32. The summed E-state index contributed by atoms with van der Waals surface area (Å²) in [7, 11) is 8.24. The minimum Gasteiger partial charge on any atom is -0.495 e. The number of fused-ring (bicyclic) bond motifs is 1. The SMILES string of the molecule is COc1ccc(Nc2nc(N(Cc3cc(OC)c(OC)c(OC)c3)C[C@H]3CCCO3)nc3c2cnn3C)cc1Cl. The first-order valence-electron chi connectivity index (χ1n) is 12.9. The Kier molecular flexibility index (Phi) is 8.32. The molecule has 212 valence electrons. The van der Waals surface area contributed by atoms with E-state index in [1.165, 1.54) is 0 Å². The number of nitrogens with zero attached hydrogens (tertiary/aromatic N) is 5. The average Bonchev–Trinajstić information content (AvgIpc) is 3.62. The molecule has 11 nitrogen and oxygen atoms in total. The van der Waals surface area contributed by atoms with E-state index < -0.39 is 0 Å². The summed E-state index contributed by atoms with van der Waals surface area (Å²) in [5, 5.41) is 9.10. The molecular weight excluding hydrogens is 536 g/mol. The van der Waals surface area contributed by atoms with Crippen LogP contribution in [0.1, 0.15) is 18.4 Å². The number of ether oxygens (including phenoxy) is 5. The summed E-state index contributed by atoms with van der Waals surface area (Å²) in [5.74, 6) is 3.43.